The molecule has 0 unspecified atom stereocenters. The molecule has 0 saturated carbocycles. The highest BCUT2D eigenvalue weighted by Crippen LogP contribution is 2.09. The molecule has 0 aromatic heterocycles. The first kappa shape index (κ1) is 93.1. The maximum atomic E-state index is 10.3. The third kappa shape index (κ3) is 105. The monoisotopic (exact) mass is 1130 g/mol. The van der Waals surface area contributed by atoms with E-state index < -0.39 is 0 Å². The van der Waals surface area contributed by atoms with Crippen molar-refractivity contribution in [2.45, 2.75) is 255 Å². The Labute approximate surface area is 496 Å². The van der Waals surface area contributed by atoms with Crippen LogP contribution in [0.25, 0.3) is 0 Å². The largest absolute Gasteiger partial charge is 1.00 e. The fourth-order valence-corrected chi connectivity index (χ4v) is 7.51. The number of carbonyl (C=O) groups is 1. The molecular weight excluding hydrogens is 972 g/mol. The summed E-state index contributed by atoms with van der Waals surface area (Å²) < 4.78 is 1.10. The number of aliphatic hydroxyl groups is 2. The number of nitrogens with zero attached hydrogens (tertiary/aromatic N) is 6. The van der Waals surface area contributed by atoms with E-state index in [-0.39, 0.29) is 19.0 Å². The minimum Gasteiger partial charge on any atom is -1.00 e. The van der Waals surface area contributed by atoms with Crippen molar-refractivity contribution in [2.24, 2.45) is 41.4 Å². The summed E-state index contributed by atoms with van der Waals surface area (Å²) in [6, 6.07) is 0. The van der Waals surface area contributed by atoms with Crippen molar-refractivity contribution >= 4 is 5.78 Å². The van der Waals surface area contributed by atoms with Crippen molar-refractivity contribution in [3.8, 4) is 0 Å². The van der Waals surface area contributed by atoms with Crippen molar-refractivity contribution < 1.29 is 31.9 Å². The Bertz CT molecular complexity index is 1020. The van der Waals surface area contributed by atoms with Crippen molar-refractivity contribution in [3.05, 3.63) is 0 Å². The summed E-state index contributed by atoms with van der Waals surface area (Å²) in [5.41, 5.74) is 0. The second-order valence-electron chi connectivity index (χ2n) is 26.3. The van der Waals surface area contributed by atoms with Crippen LogP contribution < -0.4 is 12.4 Å². The van der Waals surface area contributed by atoms with Crippen LogP contribution in [0.1, 0.15) is 255 Å². The first-order valence-corrected chi connectivity index (χ1v) is 32.5. The number of aliphatic hydroxyl groups excluding tert-OH is 2. The number of hydrogen-bond acceptors (Lipinski definition) is 8. The van der Waals surface area contributed by atoms with Crippen LogP contribution in [0.5, 0.6) is 0 Å². The second kappa shape index (κ2) is 69.9. The Morgan fingerprint density at radius 3 is 0.909 bits per heavy atom. The Balaban J connectivity index is -0.000000121. The number of rotatable bonds is 40. The molecule has 77 heavy (non-hydrogen) atoms. The number of halogens is 1. The summed E-state index contributed by atoms with van der Waals surface area (Å²) in [4.78, 5) is 22.4. The number of unbranched alkanes of at least 4 members (excludes halogenated alkanes) is 2. The predicted molar refractivity (Wildman–Crippen MR) is 348 cm³/mol. The molecule has 2 N–H and O–H groups in total. The van der Waals surface area contributed by atoms with Gasteiger partial charge in [-0.1, -0.05) is 151 Å². The molecule has 0 heterocycles. The maximum Gasteiger partial charge on any atom is 0.129 e. The molecule has 10 heteroatoms. The molecule has 0 aliphatic rings. The van der Waals surface area contributed by atoms with Gasteiger partial charge < -0.3 is 56.4 Å². The molecule has 476 valence electrons. The summed E-state index contributed by atoms with van der Waals surface area (Å²) in [6.45, 7) is 63.5. The molecule has 0 rings (SSSR count). The average Bonchev–Trinajstić information content (AvgIpc) is 3.31. The van der Waals surface area contributed by atoms with Gasteiger partial charge in [-0.15, -0.1) is 0 Å². The molecule has 0 spiro atoms. The standard InChI is InChI=1S/C14H31N.C11H25NO.C10H23NO.C9H21N.C8H20N.C8H19N.C7H14O.ClH/c1-5-7-11-15(12-8-6-2)13-9-10-14(3)4;1-4-7-12(9-10-13)8-5-6-11(2)3;1-4-6-11(8-9-12)7-5-10(2)3;1-5-10(6-2)8-7-9(3)4;1-8(2)6-7-9(3,4)5;1-8(2)6-5-7-9(3)4;1-6(2)4-5-7(3)8;/h14H,5-13H2,1-4H3;11,13H,4-10H2,1-3H3;10,12H,4-9H2,1-3H3;9H,5-8H2,1-4H3;8H,6-7H2,1-5H3;8H,5-7H2,1-4H3;6H,4-5H2,1-3H3;1H/q;;;;+1;;;/p-1. The molecule has 0 aromatic carbocycles. The maximum absolute atomic E-state index is 10.3. The number of hydrogen-bond donors (Lipinski definition) is 2. The topological polar surface area (TPSA) is 73.7 Å². The SMILES string of the molecule is CC(=O)CCC(C)C.CC(C)CCCN(C)C.CC(C)CC[N+](C)(C)C.CCCCN(CCCC)CCCC(C)C.CCCN(CCO)CCC(C)C.CCCN(CCO)CCCC(C)C.CCN(CC)CCC(C)C.[Cl-]. The van der Waals surface area contributed by atoms with Gasteiger partial charge in [-0.3, -0.25) is 0 Å². The summed E-state index contributed by atoms with van der Waals surface area (Å²) in [5.74, 6) is 5.97. The van der Waals surface area contributed by atoms with Gasteiger partial charge in [0.1, 0.15) is 5.78 Å². The van der Waals surface area contributed by atoms with Gasteiger partial charge in [0.2, 0.25) is 0 Å². The van der Waals surface area contributed by atoms with Gasteiger partial charge in [-0.05, 0) is 224 Å². The zero-order valence-electron chi connectivity index (χ0n) is 58.2. The van der Waals surface area contributed by atoms with Crippen LogP contribution in [0.3, 0.4) is 0 Å². The summed E-state index contributed by atoms with van der Waals surface area (Å²) in [7, 11) is 11.0. The lowest BCUT2D eigenvalue weighted by Crippen LogP contribution is -3.00. The first-order chi connectivity index (χ1) is 35.5. The zero-order valence-corrected chi connectivity index (χ0v) is 59.0. The van der Waals surface area contributed by atoms with E-state index in [9.17, 15) is 4.79 Å². The van der Waals surface area contributed by atoms with Crippen LogP contribution in [0.2, 0.25) is 0 Å². The third-order valence-corrected chi connectivity index (χ3v) is 12.9. The highest BCUT2D eigenvalue weighted by molar-refractivity contribution is 5.75. The van der Waals surface area contributed by atoms with Crippen molar-refractivity contribution in [1.29, 1.82) is 0 Å². The predicted octanol–water partition coefficient (Wildman–Crippen LogP) is 13.3. The lowest BCUT2D eigenvalue weighted by Gasteiger charge is -2.24. The van der Waals surface area contributed by atoms with E-state index >= 15 is 0 Å². The first-order valence-electron chi connectivity index (χ1n) is 32.5. The van der Waals surface area contributed by atoms with E-state index in [2.05, 4.69) is 198 Å². The van der Waals surface area contributed by atoms with Gasteiger partial charge in [-0.25, -0.2) is 0 Å². The molecule has 0 bridgehead atoms. The van der Waals surface area contributed by atoms with Gasteiger partial charge in [0, 0.05) is 19.5 Å². The van der Waals surface area contributed by atoms with Crippen LogP contribution in [-0.4, -0.2) is 185 Å². The van der Waals surface area contributed by atoms with Gasteiger partial charge in [0.15, 0.2) is 0 Å². The van der Waals surface area contributed by atoms with Crippen molar-refractivity contribution in [3.63, 3.8) is 0 Å². The van der Waals surface area contributed by atoms with E-state index in [1.807, 2.05) is 0 Å². The van der Waals surface area contributed by atoms with Crippen LogP contribution in [0, 0.1) is 41.4 Å². The van der Waals surface area contributed by atoms with Crippen molar-refractivity contribution in [2.75, 3.05) is 140 Å². The zero-order chi connectivity index (χ0) is 60.3. The number of ketones is 1. The van der Waals surface area contributed by atoms with E-state index in [0.29, 0.717) is 18.3 Å². The van der Waals surface area contributed by atoms with Crippen LogP contribution >= 0.6 is 0 Å². The molecule has 9 nitrogen and oxygen atoms in total. The molecule has 0 fully saturated rings. The van der Waals surface area contributed by atoms with Gasteiger partial charge in [0.05, 0.1) is 40.9 Å². The second-order valence-corrected chi connectivity index (χ2v) is 26.3. The number of quaternary nitrogens is 1. The molecule has 0 atom stereocenters. The average molecular weight is 1130 g/mol. The molecule has 0 amide bonds. The van der Waals surface area contributed by atoms with Gasteiger partial charge in [-0.2, -0.15) is 0 Å². The lowest BCUT2D eigenvalue weighted by atomic mass is 10.1. The van der Waals surface area contributed by atoms with E-state index in [1.54, 1.807) is 6.92 Å². The molecule has 0 aliphatic carbocycles. The fourth-order valence-electron chi connectivity index (χ4n) is 7.51. The minimum atomic E-state index is 0. The highest BCUT2D eigenvalue weighted by atomic mass is 35.5. The van der Waals surface area contributed by atoms with Crippen LogP contribution in [0.15, 0.2) is 0 Å². The molecule has 0 radical (unpaired) electrons. The number of carbonyl (C=O) groups excluding carboxylic acids is 1. The lowest BCUT2D eigenvalue weighted by molar-refractivity contribution is -0.870. The quantitative estimate of drug-likeness (QED) is 0.0588. The van der Waals surface area contributed by atoms with E-state index in [0.717, 1.165) is 92.1 Å². The third-order valence-electron chi connectivity index (χ3n) is 12.9. The summed E-state index contributed by atoms with van der Waals surface area (Å²) in [5, 5.41) is 17.6. The van der Waals surface area contributed by atoms with E-state index in [1.165, 1.54) is 149 Å². The number of Topliss-reactive ketones (excluding diaryl/α,β-unsaturated/α-hetero) is 1. The van der Waals surface area contributed by atoms with Crippen LogP contribution in [-0.2, 0) is 4.79 Å². The Morgan fingerprint density at radius 1 is 0.377 bits per heavy atom. The Kier molecular flexibility index (Phi) is 84.5. The van der Waals surface area contributed by atoms with E-state index in [4.69, 9.17) is 10.2 Å². The molecule has 0 saturated heterocycles. The van der Waals surface area contributed by atoms with Gasteiger partial charge in [0.25, 0.3) is 0 Å². The normalized spacial score (nSPS) is 11.3. The van der Waals surface area contributed by atoms with Gasteiger partial charge >= 0.3 is 0 Å². The summed E-state index contributed by atoms with van der Waals surface area (Å²) >= 11 is 0. The summed E-state index contributed by atoms with van der Waals surface area (Å²) in [6.07, 6.45) is 21.5. The Hall–Kier alpha value is -0.360. The molecule has 0 aliphatic heterocycles. The molecular formula is C67H153ClN6O3. The highest BCUT2D eigenvalue weighted by Gasteiger charge is 2.08. The van der Waals surface area contributed by atoms with Crippen LogP contribution in [0.4, 0.5) is 0 Å². The fraction of sp³-hybridized carbons (Fsp3) is 0.985. The van der Waals surface area contributed by atoms with Crippen molar-refractivity contribution in [1.82, 2.24) is 24.5 Å². The smallest absolute Gasteiger partial charge is 0.129 e. The molecule has 0 aromatic rings. The minimum absolute atomic E-state index is 0. The Morgan fingerprint density at radius 2 is 0.675 bits per heavy atom.